The van der Waals surface area contributed by atoms with Crippen molar-refractivity contribution in [3.05, 3.63) is 93.3 Å². The number of carbonyl (C=O) groups is 1. The molecular weight excluding hydrogens is 413 g/mol. The predicted octanol–water partition coefficient (Wildman–Crippen LogP) is 4.21. The van der Waals surface area contributed by atoms with Gasteiger partial charge in [-0.3, -0.25) is 10.1 Å². The monoisotopic (exact) mass is 431 g/mol. The zero-order valence-corrected chi connectivity index (χ0v) is 16.8. The number of carbonyl (C=O) groups excluding carboxylic acids is 1. The highest BCUT2D eigenvalue weighted by atomic mass is 19.1. The summed E-state index contributed by atoms with van der Waals surface area (Å²) in [6.07, 6.45) is -0.662. The van der Waals surface area contributed by atoms with Gasteiger partial charge in [-0.1, -0.05) is 60.4 Å². The SMILES string of the molecule is Nc1cc(F)c(C#CCNC(=O)OCC2c3ccccc3-c3ccccc32)cc1[N+](=O)[O-]. The van der Waals surface area contributed by atoms with E-state index in [9.17, 15) is 19.3 Å². The quantitative estimate of drug-likeness (QED) is 0.279. The standard InChI is InChI=1S/C24H18FN3O4/c25-21-13-22(26)23(28(30)31)12-15(21)6-5-11-27-24(29)32-14-20-18-9-3-1-7-16(18)17-8-2-4-10-19(17)20/h1-4,7-10,12-13,20H,11,14,26H2,(H,27,29). The molecule has 1 aliphatic rings. The molecule has 0 bridgehead atoms. The van der Waals surface area contributed by atoms with Gasteiger partial charge in [0.25, 0.3) is 5.69 Å². The van der Waals surface area contributed by atoms with Crippen LogP contribution in [0.1, 0.15) is 22.6 Å². The van der Waals surface area contributed by atoms with Crippen LogP contribution in [0.2, 0.25) is 0 Å². The number of nitrogens with zero attached hydrogens (tertiary/aromatic N) is 1. The molecule has 3 aromatic rings. The van der Waals surface area contributed by atoms with Crippen LogP contribution in [0.15, 0.2) is 60.7 Å². The minimum absolute atomic E-state index is 0.0661. The van der Waals surface area contributed by atoms with Crippen molar-refractivity contribution >= 4 is 17.5 Å². The number of nitrogens with one attached hydrogen (secondary N) is 1. The number of rotatable bonds is 4. The second-order valence-corrected chi connectivity index (χ2v) is 7.13. The zero-order valence-electron chi connectivity index (χ0n) is 16.8. The van der Waals surface area contributed by atoms with Gasteiger partial charge in [-0.25, -0.2) is 9.18 Å². The van der Waals surface area contributed by atoms with E-state index in [1.54, 1.807) is 0 Å². The summed E-state index contributed by atoms with van der Waals surface area (Å²) >= 11 is 0. The van der Waals surface area contributed by atoms with Crippen molar-refractivity contribution in [2.24, 2.45) is 0 Å². The summed E-state index contributed by atoms with van der Waals surface area (Å²) in [5.74, 6) is 4.17. The van der Waals surface area contributed by atoms with Gasteiger partial charge in [-0.05, 0) is 22.3 Å². The van der Waals surface area contributed by atoms with E-state index >= 15 is 0 Å². The number of nitrogens with two attached hydrogens (primary N) is 1. The van der Waals surface area contributed by atoms with Gasteiger partial charge in [0.2, 0.25) is 0 Å². The van der Waals surface area contributed by atoms with E-state index in [0.29, 0.717) is 0 Å². The maximum atomic E-state index is 13.9. The number of anilines is 1. The normalized spacial score (nSPS) is 11.7. The summed E-state index contributed by atoms with van der Waals surface area (Å²) in [4.78, 5) is 22.3. The average Bonchev–Trinajstić information content (AvgIpc) is 3.10. The number of amides is 1. The second-order valence-electron chi connectivity index (χ2n) is 7.13. The number of fused-ring (bicyclic) bond motifs is 3. The van der Waals surface area contributed by atoms with E-state index in [2.05, 4.69) is 17.2 Å². The molecule has 160 valence electrons. The van der Waals surface area contributed by atoms with Crippen LogP contribution in [-0.4, -0.2) is 24.2 Å². The fourth-order valence-electron chi connectivity index (χ4n) is 3.74. The Morgan fingerprint density at radius 3 is 2.38 bits per heavy atom. The fourth-order valence-corrected chi connectivity index (χ4v) is 3.74. The van der Waals surface area contributed by atoms with E-state index < -0.39 is 22.5 Å². The van der Waals surface area contributed by atoms with Crippen molar-refractivity contribution in [2.75, 3.05) is 18.9 Å². The third-order valence-corrected chi connectivity index (χ3v) is 5.20. The number of nitrogen functional groups attached to an aromatic ring is 1. The molecule has 1 amide bonds. The average molecular weight is 431 g/mol. The molecule has 1 aliphatic carbocycles. The molecule has 7 nitrogen and oxygen atoms in total. The summed E-state index contributed by atoms with van der Waals surface area (Å²) in [6, 6.07) is 17.8. The second kappa shape index (κ2) is 8.78. The van der Waals surface area contributed by atoms with Crippen LogP contribution >= 0.6 is 0 Å². The summed E-state index contributed by atoms with van der Waals surface area (Å²) < 4.78 is 19.3. The van der Waals surface area contributed by atoms with E-state index in [4.69, 9.17) is 10.5 Å². The highest BCUT2D eigenvalue weighted by Gasteiger charge is 2.28. The number of nitro benzene ring substituents is 1. The Morgan fingerprint density at radius 2 is 1.75 bits per heavy atom. The van der Waals surface area contributed by atoms with Crippen molar-refractivity contribution in [1.82, 2.24) is 5.32 Å². The van der Waals surface area contributed by atoms with Gasteiger partial charge in [0, 0.05) is 18.1 Å². The Bertz CT molecular complexity index is 1230. The van der Waals surface area contributed by atoms with Gasteiger partial charge in [0.1, 0.15) is 18.1 Å². The molecule has 4 rings (SSSR count). The van der Waals surface area contributed by atoms with Gasteiger partial charge < -0.3 is 15.8 Å². The minimum atomic E-state index is -0.776. The summed E-state index contributed by atoms with van der Waals surface area (Å²) in [5.41, 5.74) is 8.99. The number of ether oxygens (including phenoxy) is 1. The smallest absolute Gasteiger partial charge is 0.407 e. The summed E-state index contributed by atoms with van der Waals surface area (Å²) in [5, 5.41) is 13.4. The predicted molar refractivity (Wildman–Crippen MR) is 117 cm³/mol. The molecular formula is C24H18FN3O4. The van der Waals surface area contributed by atoms with Gasteiger partial charge in [0.15, 0.2) is 0 Å². The minimum Gasteiger partial charge on any atom is -0.449 e. The molecule has 3 N–H and O–H groups in total. The van der Waals surface area contributed by atoms with Crippen LogP contribution < -0.4 is 11.1 Å². The Balaban J connectivity index is 1.37. The van der Waals surface area contributed by atoms with Gasteiger partial charge >= 0.3 is 6.09 Å². The summed E-state index contributed by atoms with van der Waals surface area (Å²) in [7, 11) is 0. The molecule has 0 saturated carbocycles. The van der Waals surface area contributed by atoms with Crippen molar-refractivity contribution in [3.63, 3.8) is 0 Å². The molecule has 8 heteroatoms. The Morgan fingerprint density at radius 1 is 1.12 bits per heavy atom. The first-order valence-electron chi connectivity index (χ1n) is 9.77. The number of hydrogen-bond acceptors (Lipinski definition) is 5. The van der Waals surface area contributed by atoms with Gasteiger partial charge in [-0.15, -0.1) is 0 Å². The highest BCUT2D eigenvalue weighted by molar-refractivity contribution is 5.79. The Labute approximate surface area is 183 Å². The lowest BCUT2D eigenvalue weighted by Gasteiger charge is -2.14. The van der Waals surface area contributed by atoms with Crippen molar-refractivity contribution in [1.29, 1.82) is 0 Å². The number of halogens is 1. The lowest BCUT2D eigenvalue weighted by molar-refractivity contribution is -0.384. The fraction of sp³-hybridized carbons (Fsp3) is 0.125. The molecule has 3 aromatic carbocycles. The summed E-state index contributed by atoms with van der Waals surface area (Å²) in [6.45, 7) is 0.0420. The van der Waals surface area contributed by atoms with E-state index in [1.807, 2.05) is 48.5 Å². The Kier molecular flexibility index (Phi) is 5.73. The molecule has 0 unspecified atom stereocenters. The topological polar surface area (TPSA) is 107 Å². The van der Waals surface area contributed by atoms with E-state index in [0.717, 1.165) is 34.4 Å². The molecule has 0 radical (unpaired) electrons. The number of benzene rings is 3. The zero-order chi connectivity index (χ0) is 22.7. The lowest BCUT2D eigenvalue weighted by Crippen LogP contribution is -2.26. The molecule has 0 atom stereocenters. The number of nitro groups is 1. The van der Waals surface area contributed by atoms with Crippen molar-refractivity contribution in [3.8, 4) is 23.0 Å². The number of alkyl carbamates (subject to hydrolysis) is 1. The maximum Gasteiger partial charge on any atom is 0.407 e. The van der Waals surface area contributed by atoms with Crippen LogP contribution in [0.5, 0.6) is 0 Å². The highest BCUT2D eigenvalue weighted by Crippen LogP contribution is 2.44. The van der Waals surface area contributed by atoms with Crippen LogP contribution in [0.3, 0.4) is 0 Å². The number of hydrogen-bond donors (Lipinski definition) is 2. The maximum absolute atomic E-state index is 13.9. The van der Waals surface area contributed by atoms with Crippen LogP contribution in [-0.2, 0) is 4.74 Å². The molecule has 0 saturated heterocycles. The van der Waals surface area contributed by atoms with Crippen LogP contribution in [0.25, 0.3) is 11.1 Å². The Hall–Kier alpha value is -4.38. The third-order valence-electron chi connectivity index (χ3n) is 5.20. The van der Waals surface area contributed by atoms with E-state index in [-0.39, 0.29) is 30.3 Å². The van der Waals surface area contributed by atoms with Crippen LogP contribution in [0.4, 0.5) is 20.6 Å². The van der Waals surface area contributed by atoms with Crippen molar-refractivity contribution < 1.29 is 18.8 Å². The first-order valence-corrected chi connectivity index (χ1v) is 9.77. The van der Waals surface area contributed by atoms with Crippen LogP contribution in [0, 0.1) is 27.8 Å². The third kappa shape index (κ3) is 4.09. The molecule has 0 aliphatic heterocycles. The lowest BCUT2D eigenvalue weighted by atomic mass is 9.98. The largest absolute Gasteiger partial charge is 0.449 e. The molecule has 0 heterocycles. The molecule has 0 aromatic heterocycles. The van der Waals surface area contributed by atoms with Gasteiger partial charge in [0.05, 0.1) is 17.0 Å². The molecule has 0 spiro atoms. The van der Waals surface area contributed by atoms with E-state index in [1.165, 1.54) is 0 Å². The first-order chi connectivity index (χ1) is 15.5. The molecule has 0 fully saturated rings. The first kappa shape index (κ1) is 20.9. The molecule has 32 heavy (non-hydrogen) atoms. The van der Waals surface area contributed by atoms with Crippen molar-refractivity contribution in [2.45, 2.75) is 5.92 Å². The van der Waals surface area contributed by atoms with Gasteiger partial charge in [-0.2, -0.15) is 0 Å².